The molecule has 1 heterocycles. The molecule has 0 fully saturated rings. The summed E-state index contributed by atoms with van der Waals surface area (Å²) in [5.41, 5.74) is 0.614. The van der Waals surface area contributed by atoms with Gasteiger partial charge >= 0.3 is 0 Å². The Hall–Kier alpha value is -2.79. The number of thioether (sulfide) groups is 1. The Labute approximate surface area is 151 Å². The van der Waals surface area contributed by atoms with Crippen LogP contribution < -0.4 is 10.1 Å². The average Bonchev–Trinajstić information content (AvgIpc) is 2.67. The number of benzene rings is 2. The Bertz CT molecular complexity index is 793. The third-order valence-corrected chi connectivity index (χ3v) is 4.40. The van der Waals surface area contributed by atoms with Crippen LogP contribution in [0.2, 0.25) is 0 Å². The van der Waals surface area contributed by atoms with Crippen LogP contribution in [0.15, 0.2) is 84.0 Å². The molecule has 3 aromatic rings. The minimum absolute atomic E-state index is 0.0819. The summed E-state index contributed by atoms with van der Waals surface area (Å²) in [4.78, 5) is 17.4. The second kappa shape index (κ2) is 8.89. The summed E-state index contributed by atoms with van der Waals surface area (Å²) in [6.07, 6.45) is 3.33. The molecule has 3 rings (SSSR count). The first-order chi connectivity index (χ1) is 12.3. The van der Waals surface area contributed by atoms with Crippen molar-refractivity contribution < 1.29 is 9.53 Å². The fourth-order valence-electron chi connectivity index (χ4n) is 2.17. The molecule has 25 heavy (non-hydrogen) atoms. The van der Waals surface area contributed by atoms with E-state index in [-0.39, 0.29) is 5.91 Å². The fraction of sp³-hybridized carbons (Fsp3) is 0.100. The summed E-state index contributed by atoms with van der Waals surface area (Å²) in [7, 11) is 0. The van der Waals surface area contributed by atoms with Crippen LogP contribution in [-0.4, -0.2) is 23.2 Å². The summed E-state index contributed by atoms with van der Waals surface area (Å²) >= 11 is 1.72. The van der Waals surface area contributed by atoms with E-state index in [0.29, 0.717) is 23.6 Å². The normalized spacial score (nSPS) is 10.2. The minimum Gasteiger partial charge on any atom is -0.456 e. The van der Waals surface area contributed by atoms with E-state index >= 15 is 0 Å². The maximum absolute atomic E-state index is 12.2. The summed E-state index contributed by atoms with van der Waals surface area (Å²) in [5.74, 6) is 2.08. The molecular weight excluding hydrogens is 332 g/mol. The highest BCUT2D eigenvalue weighted by Gasteiger charge is 2.05. The molecule has 0 bridgehead atoms. The Morgan fingerprint density at radius 1 is 0.960 bits per heavy atom. The Morgan fingerprint density at radius 3 is 2.48 bits per heavy atom. The third-order valence-electron chi connectivity index (χ3n) is 3.39. The lowest BCUT2D eigenvalue weighted by molar-refractivity contribution is 0.0956. The van der Waals surface area contributed by atoms with Crippen LogP contribution in [0.1, 0.15) is 10.4 Å². The number of hydrogen-bond acceptors (Lipinski definition) is 4. The van der Waals surface area contributed by atoms with Crippen molar-refractivity contribution in [2.45, 2.75) is 4.90 Å². The van der Waals surface area contributed by atoms with Crippen LogP contribution >= 0.6 is 11.8 Å². The molecule has 1 amide bonds. The summed E-state index contributed by atoms with van der Waals surface area (Å²) in [5, 5.41) is 2.93. The Morgan fingerprint density at radius 2 is 1.76 bits per heavy atom. The van der Waals surface area contributed by atoms with E-state index in [1.54, 1.807) is 48.4 Å². The molecule has 5 heteroatoms. The molecular formula is C20H18N2O2S. The van der Waals surface area contributed by atoms with Crippen molar-refractivity contribution in [1.82, 2.24) is 10.3 Å². The van der Waals surface area contributed by atoms with E-state index in [2.05, 4.69) is 22.4 Å². The average molecular weight is 350 g/mol. The topological polar surface area (TPSA) is 51.2 Å². The predicted octanol–water partition coefficient (Wildman–Crippen LogP) is 4.40. The quantitative estimate of drug-likeness (QED) is 0.507. The summed E-state index contributed by atoms with van der Waals surface area (Å²) in [6, 6.07) is 20.8. The number of nitrogens with one attached hydrogen (secondary N) is 1. The predicted molar refractivity (Wildman–Crippen MR) is 100 cm³/mol. The molecule has 0 saturated carbocycles. The highest BCUT2D eigenvalue weighted by molar-refractivity contribution is 7.99. The van der Waals surface area contributed by atoms with Gasteiger partial charge < -0.3 is 10.1 Å². The second-order valence-corrected chi connectivity index (χ2v) is 6.40. The van der Waals surface area contributed by atoms with Crippen LogP contribution in [0.3, 0.4) is 0 Å². The van der Waals surface area contributed by atoms with Gasteiger partial charge in [-0.2, -0.15) is 0 Å². The smallest absolute Gasteiger partial charge is 0.251 e. The molecule has 0 unspecified atom stereocenters. The molecule has 0 saturated heterocycles. The van der Waals surface area contributed by atoms with E-state index in [1.807, 2.05) is 30.3 Å². The number of hydrogen-bond donors (Lipinski definition) is 1. The first-order valence-electron chi connectivity index (χ1n) is 7.95. The molecule has 1 aromatic heterocycles. The van der Waals surface area contributed by atoms with Crippen molar-refractivity contribution in [3.8, 4) is 11.5 Å². The van der Waals surface area contributed by atoms with Gasteiger partial charge in [-0.05, 0) is 48.5 Å². The molecule has 2 aromatic carbocycles. The lowest BCUT2D eigenvalue weighted by Crippen LogP contribution is -2.25. The van der Waals surface area contributed by atoms with Crippen LogP contribution in [0.25, 0.3) is 0 Å². The summed E-state index contributed by atoms with van der Waals surface area (Å²) in [6.45, 7) is 0.617. The van der Waals surface area contributed by atoms with Crippen LogP contribution in [0, 0.1) is 0 Å². The standard InChI is InChI=1S/C20H18N2O2S/c23-20(22-13-14-25-19-6-2-1-3-7-19)16-8-10-17(11-9-16)24-18-5-4-12-21-15-18/h1-12,15H,13-14H2,(H,22,23). The lowest BCUT2D eigenvalue weighted by Gasteiger charge is -2.07. The van der Waals surface area contributed by atoms with Crippen molar-refractivity contribution in [1.29, 1.82) is 0 Å². The molecule has 126 valence electrons. The zero-order chi connectivity index (χ0) is 17.3. The number of rotatable bonds is 7. The van der Waals surface area contributed by atoms with Crippen LogP contribution in [0.4, 0.5) is 0 Å². The number of pyridine rings is 1. The number of ether oxygens (including phenoxy) is 1. The van der Waals surface area contributed by atoms with E-state index in [0.717, 1.165) is 5.75 Å². The molecule has 0 radical (unpaired) electrons. The van der Waals surface area contributed by atoms with Crippen molar-refractivity contribution in [3.63, 3.8) is 0 Å². The number of amides is 1. The van der Waals surface area contributed by atoms with E-state index in [4.69, 9.17) is 4.74 Å². The number of carbonyl (C=O) groups is 1. The van der Waals surface area contributed by atoms with Crippen LogP contribution in [0.5, 0.6) is 11.5 Å². The molecule has 0 aliphatic rings. The monoisotopic (exact) mass is 350 g/mol. The molecule has 0 spiro atoms. The lowest BCUT2D eigenvalue weighted by atomic mass is 10.2. The molecule has 0 aliphatic heterocycles. The highest BCUT2D eigenvalue weighted by atomic mass is 32.2. The fourth-order valence-corrected chi connectivity index (χ4v) is 2.96. The summed E-state index contributed by atoms with van der Waals surface area (Å²) < 4.78 is 5.66. The minimum atomic E-state index is -0.0819. The zero-order valence-corrected chi connectivity index (χ0v) is 14.4. The maximum Gasteiger partial charge on any atom is 0.251 e. The van der Waals surface area contributed by atoms with E-state index < -0.39 is 0 Å². The highest BCUT2D eigenvalue weighted by Crippen LogP contribution is 2.20. The zero-order valence-electron chi connectivity index (χ0n) is 13.6. The van der Waals surface area contributed by atoms with Crippen molar-refractivity contribution in [2.75, 3.05) is 12.3 Å². The number of carbonyl (C=O) groups excluding carboxylic acids is 1. The second-order valence-electron chi connectivity index (χ2n) is 5.23. The first kappa shape index (κ1) is 17.0. The number of nitrogens with zero attached hydrogens (tertiary/aromatic N) is 1. The van der Waals surface area contributed by atoms with Gasteiger partial charge in [0.15, 0.2) is 0 Å². The SMILES string of the molecule is O=C(NCCSc1ccccc1)c1ccc(Oc2cccnc2)cc1. The van der Waals surface area contributed by atoms with Gasteiger partial charge in [0, 0.05) is 29.0 Å². The van der Waals surface area contributed by atoms with Gasteiger partial charge in [-0.3, -0.25) is 9.78 Å². The first-order valence-corrected chi connectivity index (χ1v) is 8.94. The Balaban J connectivity index is 1.46. The van der Waals surface area contributed by atoms with Gasteiger partial charge in [-0.25, -0.2) is 0 Å². The van der Waals surface area contributed by atoms with Gasteiger partial charge in [0.2, 0.25) is 0 Å². The molecule has 0 atom stereocenters. The molecule has 0 aliphatic carbocycles. The van der Waals surface area contributed by atoms with Gasteiger partial charge in [-0.1, -0.05) is 18.2 Å². The van der Waals surface area contributed by atoms with Gasteiger partial charge in [0.05, 0.1) is 6.20 Å². The largest absolute Gasteiger partial charge is 0.456 e. The van der Waals surface area contributed by atoms with Crippen LogP contribution in [-0.2, 0) is 0 Å². The van der Waals surface area contributed by atoms with Gasteiger partial charge in [0.1, 0.15) is 11.5 Å². The molecule has 1 N–H and O–H groups in total. The third kappa shape index (κ3) is 5.36. The van der Waals surface area contributed by atoms with E-state index in [1.165, 1.54) is 4.90 Å². The van der Waals surface area contributed by atoms with Gasteiger partial charge in [-0.15, -0.1) is 11.8 Å². The van der Waals surface area contributed by atoms with Gasteiger partial charge in [0.25, 0.3) is 5.91 Å². The maximum atomic E-state index is 12.2. The van der Waals surface area contributed by atoms with Crippen molar-refractivity contribution in [2.24, 2.45) is 0 Å². The van der Waals surface area contributed by atoms with Crippen molar-refractivity contribution >= 4 is 17.7 Å². The number of aromatic nitrogens is 1. The molecule has 4 nitrogen and oxygen atoms in total. The Kier molecular flexibility index (Phi) is 6.06. The van der Waals surface area contributed by atoms with E-state index in [9.17, 15) is 4.79 Å². The van der Waals surface area contributed by atoms with Crippen molar-refractivity contribution in [3.05, 3.63) is 84.7 Å².